The maximum atomic E-state index is 12.1. The lowest BCUT2D eigenvalue weighted by Crippen LogP contribution is -2.49. The van der Waals surface area contributed by atoms with Crippen molar-refractivity contribution < 1.29 is 4.79 Å². The Labute approximate surface area is 116 Å². The standard InChI is InChI=1S/C16H28N2O/c1-3-18(2)16(19)15(17)9-14-12-5-10-4-11(7-12)8-13(14)6-10/h10-15H,3-9,17H2,1-2H3. The molecule has 3 heteroatoms. The number of amides is 1. The number of likely N-dealkylation sites (N-methyl/N-ethyl adjacent to an activating group) is 1. The summed E-state index contributed by atoms with van der Waals surface area (Å²) in [5, 5.41) is 0. The van der Waals surface area contributed by atoms with E-state index in [2.05, 4.69) is 0 Å². The van der Waals surface area contributed by atoms with Crippen molar-refractivity contribution in [2.24, 2.45) is 35.3 Å². The molecule has 1 atom stereocenters. The van der Waals surface area contributed by atoms with E-state index in [0.717, 1.165) is 42.6 Å². The van der Waals surface area contributed by atoms with Crippen molar-refractivity contribution in [3.8, 4) is 0 Å². The number of hydrogen-bond acceptors (Lipinski definition) is 2. The molecule has 4 rings (SSSR count). The summed E-state index contributed by atoms with van der Waals surface area (Å²) in [5.74, 6) is 4.63. The molecule has 4 aliphatic carbocycles. The Bertz CT molecular complexity index is 327. The molecule has 19 heavy (non-hydrogen) atoms. The third kappa shape index (κ3) is 2.42. The maximum Gasteiger partial charge on any atom is 0.239 e. The third-order valence-electron chi connectivity index (χ3n) is 6.12. The number of hydrogen-bond donors (Lipinski definition) is 1. The molecule has 108 valence electrons. The highest BCUT2D eigenvalue weighted by Crippen LogP contribution is 2.57. The van der Waals surface area contributed by atoms with Crippen molar-refractivity contribution >= 4 is 5.91 Å². The lowest BCUT2D eigenvalue weighted by Gasteiger charge is -2.55. The minimum atomic E-state index is -0.271. The Balaban J connectivity index is 1.62. The zero-order valence-electron chi connectivity index (χ0n) is 12.3. The normalized spacial score (nSPS) is 41.3. The van der Waals surface area contributed by atoms with Gasteiger partial charge in [-0.2, -0.15) is 0 Å². The summed E-state index contributed by atoms with van der Waals surface area (Å²) in [5.41, 5.74) is 6.18. The Morgan fingerprint density at radius 1 is 1.16 bits per heavy atom. The van der Waals surface area contributed by atoms with Gasteiger partial charge in [0.25, 0.3) is 0 Å². The van der Waals surface area contributed by atoms with Crippen molar-refractivity contribution in [1.29, 1.82) is 0 Å². The molecule has 4 bridgehead atoms. The summed E-state index contributed by atoms with van der Waals surface area (Å²) in [4.78, 5) is 13.9. The van der Waals surface area contributed by atoms with Crippen LogP contribution in [0.2, 0.25) is 0 Å². The molecule has 1 amide bonds. The highest BCUT2D eigenvalue weighted by molar-refractivity contribution is 5.81. The van der Waals surface area contributed by atoms with Crippen LogP contribution in [0.25, 0.3) is 0 Å². The molecular weight excluding hydrogens is 236 g/mol. The average molecular weight is 264 g/mol. The van der Waals surface area contributed by atoms with Crippen LogP contribution in [0.4, 0.5) is 0 Å². The van der Waals surface area contributed by atoms with Crippen LogP contribution in [0.15, 0.2) is 0 Å². The van der Waals surface area contributed by atoms with Gasteiger partial charge < -0.3 is 10.6 Å². The summed E-state index contributed by atoms with van der Waals surface area (Å²) in [6.45, 7) is 2.77. The fraction of sp³-hybridized carbons (Fsp3) is 0.938. The number of nitrogens with two attached hydrogens (primary N) is 1. The van der Waals surface area contributed by atoms with Crippen molar-refractivity contribution in [2.45, 2.75) is 51.5 Å². The fourth-order valence-corrected chi connectivity index (χ4v) is 5.26. The molecule has 0 radical (unpaired) electrons. The van der Waals surface area contributed by atoms with Crippen LogP contribution in [0.1, 0.15) is 45.4 Å². The second-order valence-electron chi connectivity index (χ2n) is 7.29. The predicted octanol–water partition coefficient (Wildman–Crippen LogP) is 2.25. The largest absolute Gasteiger partial charge is 0.345 e. The second-order valence-corrected chi connectivity index (χ2v) is 7.29. The molecule has 3 nitrogen and oxygen atoms in total. The third-order valence-corrected chi connectivity index (χ3v) is 6.12. The Morgan fingerprint density at radius 3 is 2.16 bits per heavy atom. The Morgan fingerprint density at radius 2 is 1.68 bits per heavy atom. The first-order valence-corrected chi connectivity index (χ1v) is 8.09. The van der Waals surface area contributed by atoms with E-state index in [0.29, 0.717) is 0 Å². The summed E-state index contributed by atoms with van der Waals surface area (Å²) < 4.78 is 0. The van der Waals surface area contributed by atoms with E-state index >= 15 is 0 Å². The van der Waals surface area contributed by atoms with Crippen LogP contribution in [0, 0.1) is 29.6 Å². The fourth-order valence-electron chi connectivity index (χ4n) is 5.26. The highest BCUT2D eigenvalue weighted by atomic mass is 16.2. The van der Waals surface area contributed by atoms with E-state index in [1.165, 1.54) is 32.1 Å². The van der Waals surface area contributed by atoms with Crippen LogP contribution < -0.4 is 5.73 Å². The van der Waals surface area contributed by atoms with Crippen LogP contribution in [0.5, 0.6) is 0 Å². The summed E-state index contributed by atoms with van der Waals surface area (Å²) >= 11 is 0. The zero-order valence-corrected chi connectivity index (χ0v) is 12.3. The molecule has 0 saturated heterocycles. The first kappa shape index (κ1) is 13.4. The lowest BCUT2D eigenvalue weighted by atomic mass is 9.51. The van der Waals surface area contributed by atoms with E-state index < -0.39 is 0 Å². The summed E-state index contributed by atoms with van der Waals surface area (Å²) in [6, 6.07) is -0.271. The number of rotatable bonds is 4. The van der Waals surface area contributed by atoms with Crippen molar-refractivity contribution in [3.05, 3.63) is 0 Å². The minimum absolute atomic E-state index is 0.135. The monoisotopic (exact) mass is 264 g/mol. The quantitative estimate of drug-likeness (QED) is 0.846. The van der Waals surface area contributed by atoms with Crippen LogP contribution in [-0.2, 0) is 4.79 Å². The van der Waals surface area contributed by atoms with Crippen molar-refractivity contribution in [1.82, 2.24) is 4.90 Å². The molecule has 0 aromatic rings. The van der Waals surface area contributed by atoms with Crippen molar-refractivity contribution in [2.75, 3.05) is 13.6 Å². The van der Waals surface area contributed by atoms with E-state index in [1.807, 2.05) is 14.0 Å². The van der Waals surface area contributed by atoms with Gasteiger partial charge in [0.15, 0.2) is 0 Å². The molecule has 0 aromatic heterocycles. The average Bonchev–Trinajstić information content (AvgIpc) is 2.40. The van der Waals surface area contributed by atoms with Gasteiger partial charge in [0.05, 0.1) is 6.04 Å². The van der Waals surface area contributed by atoms with Crippen LogP contribution in [-0.4, -0.2) is 30.4 Å². The van der Waals surface area contributed by atoms with Gasteiger partial charge in [-0.3, -0.25) is 4.79 Å². The van der Waals surface area contributed by atoms with Gasteiger partial charge in [-0.25, -0.2) is 0 Å². The van der Waals surface area contributed by atoms with Crippen LogP contribution in [0.3, 0.4) is 0 Å². The molecule has 0 aromatic carbocycles. The molecule has 4 aliphatic rings. The van der Waals surface area contributed by atoms with E-state index in [-0.39, 0.29) is 11.9 Å². The molecule has 1 unspecified atom stereocenters. The molecule has 2 N–H and O–H groups in total. The first-order valence-electron chi connectivity index (χ1n) is 8.09. The predicted molar refractivity (Wildman–Crippen MR) is 76.4 cm³/mol. The summed E-state index contributed by atoms with van der Waals surface area (Å²) in [6.07, 6.45) is 8.09. The minimum Gasteiger partial charge on any atom is -0.345 e. The smallest absolute Gasteiger partial charge is 0.239 e. The van der Waals surface area contributed by atoms with E-state index in [9.17, 15) is 4.79 Å². The molecule has 4 saturated carbocycles. The van der Waals surface area contributed by atoms with Gasteiger partial charge in [0.2, 0.25) is 5.91 Å². The number of nitrogens with zero attached hydrogens (tertiary/aromatic N) is 1. The molecular formula is C16H28N2O. The van der Waals surface area contributed by atoms with Crippen molar-refractivity contribution in [3.63, 3.8) is 0 Å². The molecule has 0 aliphatic heterocycles. The molecule has 4 fully saturated rings. The van der Waals surface area contributed by atoms with Gasteiger partial charge in [0.1, 0.15) is 0 Å². The van der Waals surface area contributed by atoms with Crippen LogP contribution >= 0.6 is 0 Å². The topological polar surface area (TPSA) is 46.3 Å². The maximum absolute atomic E-state index is 12.1. The van der Waals surface area contributed by atoms with Gasteiger partial charge in [-0.15, -0.1) is 0 Å². The van der Waals surface area contributed by atoms with Gasteiger partial charge in [0, 0.05) is 13.6 Å². The zero-order chi connectivity index (χ0) is 13.6. The number of carbonyl (C=O) groups excluding carboxylic acids is 1. The molecule has 0 spiro atoms. The molecule has 0 heterocycles. The highest BCUT2D eigenvalue weighted by Gasteiger charge is 2.48. The summed E-state index contributed by atoms with van der Waals surface area (Å²) in [7, 11) is 1.86. The van der Waals surface area contributed by atoms with Gasteiger partial charge in [-0.05, 0) is 75.0 Å². The second kappa shape index (κ2) is 5.08. The SMILES string of the molecule is CCN(C)C(=O)C(N)CC1C2CC3CC(C2)CC1C3. The Hall–Kier alpha value is -0.570. The lowest BCUT2D eigenvalue weighted by molar-refractivity contribution is -0.132. The van der Waals surface area contributed by atoms with E-state index in [4.69, 9.17) is 5.73 Å². The van der Waals surface area contributed by atoms with Gasteiger partial charge in [-0.1, -0.05) is 0 Å². The van der Waals surface area contributed by atoms with Gasteiger partial charge >= 0.3 is 0 Å². The van der Waals surface area contributed by atoms with E-state index in [1.54, 1.807) is 4.90 Å². The first-order chi connectivity index (χ1) is 9.08. The number of carbonyl (C=O) groups is 1. The Kier molecular flexibility index (Phi) is 3.59.